The van der Waals surface area contributed by atoms with Gasteiger partial charge in [0.2, 0.25) is 0 Å². The fraction of sp³-hybridized carbons (Fsp3) is 0.650. The van der Waals surface area contributed by atoms with Gasteiger partial charge in [-0.3, -0.25) is 0 Å². The van der Waals surface area contributed by atoms with E-state index in [-0.39, 0.29) is 6.10 Å². The SMILES string of the molecule is CCCCCCCCCCCC(C)OC(=O)c1c(F)cccc1F. The number of carbonyl (C=O) groups excluding carboxylic acids is 1. The Labute approximate surface area is 144 Å². The van der Waals surface area contributed by atoms with Crippen molar-refractivity contribution in [3.05, 3.63) is 35.4 Å². The van der Waals surface area contributed by atoms with Crippen molar-refractivity contribution in [3.63, 3.8) is 0 Å². The van der Waals surface area contributed by atoms with Crippen molar-refractivity contribution in [2.45, 2.75) is 84.2 Å². The van der Waals surface area contributed by atoms with Crippen LogP contribution in [-0.2, 0) is 4.74 Å². The Hall–Kier alpha value is -1.45. The molecule has 0 N–H and O–H groups in total. The number of ether oxygens (including phenoxy) is 1. The molecule has 0 radical (unpaired) electrons. The van der Waals surface area contributed by atoms with Gasteiger partial charge in [-0.05, 0) is 31.9 Å². The zero-order valence-electron chi connectivity index (χ0n) is 15.0. The smallest absolute Gasteiger partial charge is 0.344 e. The van der Waals surface area contributed by atoms with Gasteiger partial charge in [-0.15, -0.1) is 0 Å². The van der Waals surface area contributed by atoms with Crippen LogP contribution < -0.4 is 0 Å². The zero-order valence-corrected chi connectivity index (χ0v) is 15.0. The third kappa shape index (κ3) is 7.89. The second kappa shape index (κ2) is 12.0. The normalized spacial score (nSPS) is 12.2. The van der Waals surface area contributed by atoms with Crippen LogP contribution in [0.15, 0.2) is 18.2 Å². The van der Waals surface area contributed by atoms with Crippen LogP contribution in [0.4, 0.5) is 8.78 Å². The van der Waals surface area contributed by atoms with Crippen LogP contribution in [0.25, 0.3) is 0 Å². The van der Waals surface area contributed by atoms with Crippen LogP contribution >= 0.6 is 0 Å². The molecular weight excluding hydrogens is 310 g/mol. The molecule has 0 aliphatic heterocycles. The third-order valence-corrected chi connectivity index (χ3v) is 4.19. The second-order valence-corrected chi connectivity index (χ2v) is 6.43. The number of unbranched alkanes of at least 4 members (excludes halogenated alkanes) is 8. The van der Waals surface area contributed by atoms with Gasteiger partial charge >= 0.3 is 5.97 Å². The van der Waals surface area contributed by atoms with Gasteiger partial charge in [-0.2, -0.15) is 0 Å². The van der Waals surface area contributed by atoms with Crippen LogP contribution in [0.5, 0.6) is 0 Å². The van der Waals surface area contributed by atoms with Crippen molar-refractivity contribution < 1.29 is 18.3 Å². The molecule has 4 heteroatoms. The molecule has 0 bridgehead atoms. The molecule has 1 aromatic rings. The highest BCUT2D eigenvalue weighted by Gasteiger charge is 2.20. The van der Waals surface area contributed by atoms with Gasteiger partial charge in [-0.25, -0.2) is 13.6 Å². The highest BCUT2D eigenvalue weighted by Crippen LogP contribution is 2.16. The Morgan fingerprint density at radius 3 is 2.00 bits per heavy atom. The fourth-order valence-corrected chi connectivity index (χ4v) is 2.74. The maximum atomic E-state index is 13.5. The number of hydrogen-bond donors (Lipinski definition) is 0. The summed E-state index contributed by atoms with van der Waals surface area (Å²) in [5, 5.41) is 0. The summed E-state index contributed by atoms with van der Waals surface area (Å²) in [6.45, 7) is 3.98. The number of esters is 1. The van der Waals surface area contributed by atoms with Gasteiger partial charge in [-0.1, -0.05) is 64.4 Å². The monoisotopic (exact) mass is 340 g/mol. The number of carbonyl (C=O) groups is 1. The summed E-state index contributed by atoms with van der Waals surface area (Å²) in [7, 11) is 0. The first kappa shape index (κ1) is 20.6. The van der Waals surface area contributed by atoms with Crippen molar-refractivity contribution in [2.24, 2.45) is 0 Å². The average molecular weight is 340 g/mol. The molecule has 0 spiro atoms. The summed E-state index contributed by atoms with van der Waals surface area (Å²) in [5.41, 5.74) is -0.601. The molecule has 1 rings (SSSR count). The Balaban J connectivity index is 2.16. The van der Waals surface area contributed by atoms with E-state index in [0.29, 0.717) is 0 Å². The Kier molecular flexibility index (Phi) is 10.3. The molecule has 0 heterocycles. The van der Waals surface area contributed by atoms with E-state index in [2.05, 4.69) is 6.92 Å². The van der Waals surface area contributed by atoms with Crippen LogP contribution in [0.3, 0.4) is 0 Å². The molecule has 0 aliphatic rings. The zero-order chi connectivity index (χ0) is 17.8. The van der Waals surface area contributed by atoms with Crippen LogP contribution in [-0.4, -0.2) is 12.1 Å². The molecule has 0 aromatic heterocycles. The van der Waals surface area contributed by atoms with E-state index in [1.54, 1.807) is 6.92 Å². The maximum Gasteiger partial charge on any atom is 0.344 e. The Morgan fingerprint density at radius 1 is 0.958 bits per heavy atom. The molecule has 2 nitrogen and oxygen atoms in total. The quantitative estimate of drug-likeness (QED) is 0.324. The molecule has 1 atom stereocenters. The summed E-state index contributed by atoms with van der Waals surface area (Å²) in [5.74, 6) is -2.68. The summed E-state index contributed by atoms with van der Waals surface area (Å²) in [4.78, 5) is 11.9. The average Bonchev–Trinajstić information content (AvgIpc) is 2.53. The number of rotatable bonds is 12. The molecule has 0 saturated heterocycles. The maximum absolute atomic E-state index is 13.5. The molecule has 24 heavy (non-hydrogen) atoms. The molecule has 0 fully saturated rings. The lowest BCUT2D eigenvalue weighted by Gasteiger charge is -2.13. The lowest BCUT2D eigenvalue weighted by Crippen LogP contribution is -2.17. The number of halogens is 2. The number of benzene rings is 1. The lowest BCUT2D eigenvalue weighted by atomic mass is 10.1. The fourth-order valence-electron chi connectivity index (χ4n) is 2.74. The molecular formula is C20H30F2O2. The van der Waals surface area contributed by atoms with Crippen molar-refractivity contribution >= 4 is 5.97 Å². The molecule has 1 unspecified atom stereocenters. The largest absolute Gasteiger partial charge is 0.459 e. The van der Waals surface area contributed by atoms with E-state index < -0.39 is 23.2 Å². The first-order valence-electron chi connectivity index (χ1n) is 9.21. The summed E-state index contributed by atoms with van der Waals surface area (Å²) in [6, 6.07) is 3.35. The van der Waals surface area contributed by atoms with E-state index in [9.17, 15) is 13.6 Å². The molecule has 1 aromatic carbocycles. The number of hydrogen-bond acceptors (Lipinski definition) is 2. The van der Waals surface area contributed by atoms with E-state index in [0.717, 1.165) is 31.4 Å². The summed E-state index contributed by atoms with van der Waals surface area (Å²) in [6.07, 6.45) is 11.4. The summed E-state index contributed by atoms with van der Waals surface area (Å²) < 4.78 is 32.2. The van der Waals surface area contributed by atoms with Gasteiger partial charge in [0.25, 0.3) is 0 Å². The second-order valence-electron chi connectivity index (χ2n) is 6.43. The minimum atomic E-state index is -0.922. The van der Waals surface area contributed by atoms with Crippen LogP contribution in [0.1, 0.15) is 88.4 Å². The summed E-state index contributed by atoms with van der Waals surface area (Å²) >= 11 is 0. The van der Waals surface area contributed by atoms with Gasteiger partial charge in [0.05, 0.1) is 6.10 Å². The van der Waals surface area contributed by atoms with E-state index in [1.807, 2.05) is 0 Å². The third-order valence-electron chi connectivity index (χ3n) is 4.19. The highest BCUT2D eigenvalue weighted by atomic mass is 19.1. The van der Waals surface area contributed by atoms with Crippen molar-refractivity contribution in [2.75, 3.05) is 0 Å². The Morgan fingerprint density at radius 2 is 1.46 bits per heavy atom. The Bertz CT molecular complexity index is 468. The van der Waals surface area contributed by atoms with Crippen molar-refractivity contribution in [3.8, 4) is 0 Å². The molecule has 136 valence electrons. The van der Waals surface area contributed by atoms with Crippen molar-refractivity contribution in [1.29, 1.82) is 0 Å². The van der Waals surface area contributed by atoms with Gasteiger partial charge in [0, 0.05) is 0 Å². The minimum absolute atomic E-state index is 0.332. The predicted molar refractivity (Wildman–Crippen MR) is 93.1 cm³/mol. The van der Waals surface area contributed by atoms with Gasteiger partial charge in [0.1, 0.15) is 17.2 Å². The standard InChI is InChI=1S/C20H30F2O2/c1-3-4-5-6-7-8-9-10-11-13-16(2)24-20(23)19-17(21)14-12-15-18(19)22/h12,14-16H,3-11,13H2,1-2H3. The van der Waals surface area contributed by atoms with Gasteiger partial charge < -0.3 is 4.74 Å². The van der Waals surface area contributed by atoms with E-state index >= 15 is 0 Å². The first-order valence-corrected chi connectivity index (χ1v) is 9.21. The van der Waals surface area contributed by atoms with Crippen LogP contribution in [0.2, 0.25) is 0 Å². The van der Waals surface area contributed by atoms with Crippen molar-refractivity contribution in [1.82, 2.24) is 0 Å². The minimum Gasteiger partial charge on any atom is -0.459 e. The molecule has 0 amide bonds. The predicted octanol–water partition coefficient (Wildman–Crippen LogP) is 6.43. The first-order chi connectivity index (χ1) is 11.6. The lowest BCUT2D eigenvalue weighted by molar-refractivity contribution is 0.0308. The van der Waals surface area contributed by atoms with E-state index in [4.69, 9.17) is 4.74 Å². The molecule has 0 aliphatic carbocycles. The topological polar surface area (TPSA) is 26.3 Å². The van der Waals surface area contributed by atoms with Crippen LogP contribution in [0, 0.1) is 11.6 Å². The van der Waals surface area contributed by atoms with E-state index in [1.165, 1.54) is 51.0 Å². The molecule has 0 saturated carbocycles. The highest BCUT2D eigenvalue weighted by molar-refractivity contribution is 5.90. The van der Waals surface area contributed by atoms with Gasteiger partial charge in [0.15, 0.2) is 0 Å².